The highest BCUT2D eigenvalue weighted by atomic mass is 35.5. The first kappa shape index (κ1) is 13.6. The average molecular weight is 297 g/mol. The van der Waals surface area contributed by atoms with Crippen LogP contribution in [0.25, 0.3) is 0 Å². The minimum Gasteiger partial charge on any atom is -0.397 e. The number of nitrogens with zero attached hydrogens (tertiary/aromatic N) is 2. The molecular formula is C12H10Cl2N4O. The van der Waals surface area contributed by atoms with Gasteiger partial charge in [-0.25, -0.2) is 9.97 Å². The van der Waals surface area contributed by atoms with Crippen molar-refractivity contribution in [3.8, 4) is 0 Å². The minimum atomic E-state index is -0.406. The van der Waals surface area contributed by atoms with Crippen molar-refractivity contribution in [2.24, 2.45) is 0 Å². The fraction of sp³-hybridized carbons (Fsp3) is 0.0833. The Hall–Kier alpha value is -1.85. The Kier molecular flexibility index (Phi) is 3.87. The van der Waals surface area contributed by atoms with Crippen LogP contribution in [0.15, 0.2) is 24.4 Å². The molecule has 0 aromatic carbocycles. The second-order valence-electron chi connectivity index (χ2n) is 3.83. The van der Waals surface area contributed by atoms with E-state index in [-0.39, 0.29) is 10.7 Å². The molecule has 1 amide bonds. The Morgan fingerprint density at radius 2 is 2.11 bits per heavy atom. The molecule has 0 saturated heterocycles. The van der Waals surface area contributed by atoms with Gasteiger partial charge in [-0.2, -0.15) is 0 Å². The van der Waals surface area contributed by atoms with Gasteiger partial charge in [0.25, 0.3) is 5.91 Å². The number of aryl methyl sites for hydroxylation is 1. The van der Waals surface area contributed by atoms with Crippen LogP contribution in [-0.4, -0.2) is 15.9 Å². The highest BCUT2D eigenvalue weighted by Gasteiger charge is 2.13. The van der Waals surface area contributed by atoms with Crippen LogP contribution in [0.4, 0.5) is 11.4 Å². The van der Waals surface area contributed by atoms with Gasteiger partial charge in [-0.15, -0.1) is 0 Å². The second-order valence-corrected chi connectivity index (χ2v) is 4.57. The first-order chi connectivity index (χ1) is 8.97. The summed E-state index contributed by atoms with van der Waals surface area (Å²) in [5, 5.41) is 3.13. The molecule has 7 heteroatoms. The Labute approximate surface area is 119 Å². The largest absolute Gasteiger partial charge is 0.397 e. The number of pyridine rings is 2. The lowest BCUT2D eigenvalue weighted by molar-refractivity contribution is 0.102. The number of hydrogen-bond donors (Lipinski definition) is 2. The van der Waals surface area contributed by atoms with Gasteiger partial charge in [-0.1, -0.05) is 23.2 Å². The number of amides is 1. The van der Waals surface area contributed by atoms with Crippen LogP contribution in [0.5, 0.6) is 0 Å². The number of anilines is 2. The maximum Gasteiger partial charge on any atom is 0.258 e. The molecule has 0 aliphatic rings. The maximum absolute atomic E-state index is 12.1. The van der Waals surface area contributed by atoms with Crippen molar-refractivity contribution in [2.45, 2.75) is 6.92 Å². The molecule has 2 aromatic rings. The average Bonchev–Trinajstić information content (AvgIpc) is 2.35. The van der Waals surface area contributed by atoms with Crippen LogP contribution in [0.3, 0.4) is 0 Å². The number of carbonyl (C=O) groups excluding carboxylic acids is 1. The zero-order chi connectivity index (χ0) is 14.0. The quantitative estimate of drug-likeness (QED) is 0.835. The highest BCUT2D eigenvalue weighted by molar-refractivity contribution is 6.33. The molecule has 19 heavy (non-hydrogen) atoms. The molecule has 2 heterocycles. The number of nitrogens with one attached hydrogen (secondary N) is 1. The van der Waals surface area contributed by atoms with Gasteiger partial charge in [0.15, 0.2) is 0 Å². The molecule has 0 saturated carbocycles. The summed E-state index contributed by atoms with van der Waals surface area (Å²) >= 11 is 11.6. The van der Waals surface area contributed by atoms with E-state index >= 15 is 0 Å². The van der Waals surface area contributed by atoms with Gasteiger partial charge in [-0.3, -0.25) is 4.79 Å². The normalized spacial score (nSPS) is 10.3. The smallest absolute Gasteiger partial charge is 0.258 e. The van der Waals surface area contributed by atoms with E-state index in [0.717, 1.165) is 0 Å². The van der Waals surface area contributed by atoms with E-state index in [2.05, 4.69) is 15.3 Å². The molecular weight excluding hydrogens is 287 g/mol. The van der Waals surface area contributed by atoms with Crippen LogP contribution in [0.2, 0.25) is 10.3 Å². The summed E-state index contributed by atoms with van der Waals surface area (Å²) in [5.41, 5.74) is 7.30. The van der Waals surface area contributed by atoms with Crippen molar-refractivity contribution in [3.63, 3.8) is 0 Å². The van der Waals surface area contributed by atoms with E-state index in [4.69, 9.17) is 28.9 Å². The summed E-state index contributed by atoms with van der Waals surface area (Å²) in [6, 6.07) is 4.71. The number of nitrogen functional groups attached to an aromatic ring is 1. The lowest BCUT2D eigenvalue weighted by atomic mass is 10.2. The summed E-state index contributed by atoms with van der Waals surface area (Å²) in [6.45, 7) is 1.74. The Balaban J connectivity index is 2.28. The van der Waals surface area contributed by atoms with Gasteiger partial charge >= 0.3 is 0 Å². The van der Waals surface area contributed by atoms with Gasteiger partial charge in [-0.05, 0) is 25.1 Å². The van der Waals surface area contributed by atoms with E-state index in [1.807, 2.05) is 0 Å². The van der Waals surface area contributed by atoms with Gasteiger partial charge in [0, 0.05) is 0 Å². The van der Waals surface area contributed by atoms with Gasteiger partial charge in [0.2, 0.25) is 0 Å². The molecule has 0 aliphatic heterocycles. The van der Waals surface area contributed by atoms with E-state index in [1.165, 1.54) is 12.3 Å². The summed E-state index contributed by atoms with van der Waals surface area (Å²) < 4.78 is 0. The predicted molar refractivity (Wildman–Crippen MR) is 75.6 cm³/mol. The monoisotopic (exact) mass is 296 g/mol. The molecule has 0 atom stereocenters. The summed E-state index contributed by atoms with van der Waals surface area (Å²) in [6.07, 6.45) is 1.38. The molecule has 98 valence electrons. The van der Waals surface area contributed by atoms with E-state index in [9.17, 15) is 4.79 Å². The first-order valence-electron chi connectivity index (χ1n) is 5.33. The van der Waals surface area contributed by atoms with Crippen LogP contribution >= 0.6 is 23.2 Å². The summed E-state index contributed by atoms with van der Waals surface area (Å²) in [7, 11) is 0. The molecule has 2 rings (SSSR count). The first-order valence-corrected chi connectivity index (χ1v) is 6.08. The Morgan fingerprint density at radius 3 is 2.79 bits per heavy atom. The molecule has 0 radical (unpaired) electrons. The van der Waals surface area contributed by atoms with Gasteiger partial charge in [0.1, 0.15) is 10.3 Å². The molecule has 2 aromatic heterocycles. The van der Waals surface area contributed by atoms with E-state index in [1.54, 1.807) is 19.1 Å². The number of aromatic nitrogens is 2. The summed E-state index contributed by atoms with van der Waals surface area (Å²) in [4.78, 5) is 19.9. The maximum atomic E-state index is 12.1. The van der Waals surface area contributed by atoms with E-state index < -0.39 is 5.91 Å². The van der Waals surface area contributed by atoms with Crippen LogP contribution in [-0.2, 0) is 0 Å². The fourth-order valence-corrected chi connectivity index (χ4v) is 1.85. The van der Waals surface area contributed by atoms with Crippen molar-refractivity contribution in [3.05, 3.63) is 46.0 Å². The Morgan fingerprint density at radius 1 is 1.37 bits per heavy atom. The van der Waals surface area contributed by atoms with Crippen molar-refractivity contribution < 1.29 is 4.79 Å². The highest BCUT2D eigenvalue weighted by Crippen LogP contribution is 2.20. The van der Waals surface area contributed by atoms with E-state index in [0.29, 0.717) is 22.2 Å². The van der Waals surface area contributed by atoms with Crippen molar-refractivity contribution in [1.29, 1.82) is 0 Å². The van der Waals surface area contributed by atoms with Crippen LogP contribution < -0.4 is 11.1 Å². The number of rotatable bonds is 2. The molecule has 3 N–H and O–H groups in total. The predicted octanol–water partition coefficient (Wildman–Crippen LogP) is 2.93. The number of hydrogen-bond acceptors (Lipinski definition) is 4. The third-order valence-corrected chi connectivity index (χ3v) is 2.92. The van der Waals surface area contributed by atoms with Crippen molar-refractivity contribution >= 4 is 40.5 Å². The number of nitrogens with two attached hydrogens (primary N) is 1. The fourth-order valence-electron chi connectivity index (χ4n) is 1.48. The minimum absolute atomic E-state index is 0.0891. The summed E-state index contributed by atoms with van der Waals surface area (Å²) in [5.74, 6) is -0.406. The van der Waals surface area contributed by atoms with Crippen LogP contribution in [0.1, 0.15) is 16.1 Å². The lowest BCUT2D eigenvalue weighted by Crippen LogP contribution is -2.14. The second kappa shape index (κ2) is 5.42. The molecule has 0 aliphatic carbocycles. The molecule has 0 fully saturated rings. The molecule has 0 unspecified atom stereocenters. The zero-order valence-electron chi connectivity index (χ0n) is 9.95. The Bertz CT molecular complexity index is 646. The van der Waals surface area contributed by atoms with Crippen molar-refractivity contribution in [1.82, 2.24) is 9.97 Å². The van der Waals surface area contributed by atoms with Crippen LogP contribution in [0, 0.1) is 6.92 Å². The van der Waals surface area contributed by atoms with Gasteiger partial charge < -0.3 is 11.1 Å². The van der Waals surface area contributed by atoms with Gasteiger partial charge in [0.05, 0.1) is 28.8 Å². The third kappa shape index (κ3) is 3.13. The standard InChI is InChI=1S/C12H10Cl2N4O/c1-6-9(2-3-10(13)17-6)18-12(19)8-4-7(15)5-16-11(8)14/h2-5H,15H2,1H3,(H,18,19). The molecule has 5 nitrogen and oxygen atoms in total. The lowest BCUT2D eigenvalue weighted by Gasteiger charge is -2.09. The zero-order valence-corrected chi connectivity index (χ0v) is 11.5. The number of halogens is 2. The van der Waals surface area contributed by atoms with Crippen molar-refractivity contribution in [2.75, 3.05) is 11.1 Å². The third-order valence-electron chi connectivity index (χ3n) is 2.40. The molecule has 0 spiro atoms. The molecule has 0 bridgehead atoms. The number of carbonyl (C=O) groups is 1. The SMILES string of the molecule is Cc1nc(Cl)ccc1NC(=O)c1cc(N)cnc1Cl. The topological polar surface area (TPSA) is 80.9 Å².